The molecular formula is C17H25ClN2O3S. The molecule has 2 atom stereocenters. The molecule has 0 unspecified atom stereocenters. The monoisotopic (exact) mass is 372 g/mol. The van der Waals surface area contributed by atoms with Gasteiger partial charge in [0.25, 0.3) is 0 Å². The molecule has 0 aromatic heterocycles. The molecule has 1 aliphatic rings. The van der Waals surface area contributed by atoms with Crippen LogP contribution >= 0.6 is 11.6 Å². The summed E-state index contributed by atoms with van der Waals surface area (Å²) in [5, 5.41) is 3.64. The minimum Gasteiger partial charge on any atom is -0.349 e. The zero-order valence-corrected chi connectivity index (χ0v) is 15.7. The highest BCUT2D eigenvalue weighted by Gasteiger charge is 2.32. The predicted molar refractivity (Wildman–Crippen MR) is 96.4 cm³/mol. The van der Waals surface area contributed by atoms with Crippen LogP contribution in [0.1, 0.15) is 44.7 Å². The molecule has 0 saturated carbocycles. The largest absolute Gasteiger partial charge is 0.349 e. The Hall–Kier alpha value is -1.11. The van der Waals surface area contributed by atoms with Gasteiger partial charge in [0.1, 0.15) is 0 Å². The van der Waals surface area contributed by atoms with Gasteiger partial charge in [0, 0.05) is 18.1 Å². The summed E-state index contributed by atoms with van der Waals surface area (Å²) in [5.41, 5.74) is 0.971. The van der Waals surface area contributed by atoms with Crippen molar-refractivity contribution in [2.75, 3.05) is 18.8 Å². The molecule has 0 radical (unpaired) electrons. The van der Waals surface area contributed by atoms with Gasteiger partial charge in [-0.15, -0.1) is 0 Å². The lowest BCUT2D eigenvalue weighted by Crippen LogP contribution is -2.46. The van der Waals surface area contributed by atoms with Crippen molar-refractivity contribution in [2.45, 2.75) is 39.2 Å². The third kappa shape index (κ3) is 4.94. The number of benzene rings is 1. The van der Waals surface area contributed by atoms with E-state index in [9.17, 15) is 13.2 Å². The second-order valence-electron chi connectivity index (χ2n) is 6.30. The standard InChI is InChI=1S/C17H25ClN2O3S/c1-3-11-24(22,23)20-10-4-5-15(12-20)17(21)19-13(2)14-6-8-16(18)9-7-14/h6-9,13,15H,3-5,10-12H2,1-2H3,(H,19,21)/t13-,15-/m0/s1. The summed E-state index contributed by atoms with van der Waals surface area (Å²) in [6.45, 7) is 4.55. The summed E-state index contributed by atoms with van der Waals surface area (Å²) in [6, 6.07) is 7.20. The minimum atomic E-state index is -3.25. The molecule has 1 N–H and O–H groups in total. The predicted octanol–water partition coefficient (Wildman–Crippen LogP) is 2.97. The van der Waals surface area contributed by atoms with Gasteiger partial charge >= 0.3 is 0 Å². The molecule has 0 bridgehead atoms. The molecule has 1 heterocycles. The number of amides is 1. The van der Waals surface area contributed by atoms with E-state index in [0.29, 0.717) is 18.0 Å². The van der Waals surface area contributed by atoms with E-state index >= 15 is 0 Å². The van der Waals surface area contributed by atoms with Crippen LogP contribution in [0.3, 0.4) is 0 Å². The van der Waals surface area contributed by atoms with Crippen molar-refractivity contribution in [3.63, 3.8) is 0 Å². The Labute approximate surface area is 149 Å². The summed E-state index contributed by atoms with van der Waals surface area (Å²) in [6.07, 6.45) is 2.02. The van der Waals surface area contributed by atoms with E-state index < -0.39 is 10.0 Å². The van der Waals surface area contributed by atoms with Crippen LogP contribution in [0.25, 0.3) is 0 Å². The number of hydrogen-bond acceptors (Lipinski definition) is 3. The molecule has 1 amide bonds. The van der Waals surface area contributed by atoms with Crippen molar-refractivity contribution in [3.05, 3.63) is 34.9 Å². The normalized spacial score (nSPS) is 20.5. The average molecular weight is 373 g/mol. The quantitative estimate of drug-likeness (QED) is 0.834. The maximum Gasteiger partial charge on any atom is 0.224 e. The van der Waals surface area contributed by atoms with Crippen LogP contribution in [0.4, 0.5) is 0 Å². The third-order valence-corrected chi connectivity index (χ3v) is 6.63. The van der Waals surface area contributed by atoms with Crippen LogP contribution in [0.5, 0.6) is 0 Å². The molecule has 0 aliphatic carbocycles. The smallest absolute Gasteiger partial charge is 0.224 e. The molecule has 2 rings (SSSR count). The molecule has 1 aromatic carbocycles. The van der Waals surface area contributed by atoms with E-state index in [1.807, 2.05) is 26.0 Å². The summed E-state index contributed by atoms with van der Waals surface area (Å²) >= 11 is 5.88. The Morgan fingerprint density at radius 3 is 2.67 bits per heavy atom. The summed E-state index contributed by atoms with van der Waals surface area (Å²) in [4.78, 5) is 12.5. The minimum absolute atomic E-state index is 0.0890. The van der Waals surface area contributed by atoms with Gasteiger partial charge in [0.15, 0.2) is 0 Å². The van der Waals surface area contributed by atoms with E-state index in [-0.39, 0.29) is 30.2 Å². The van der Waals surface area contributed by atoms with Gasteiger partial charge in [0.2, 0.25) is 15.9 Å². The molecule has 1 saturated heterocycles. The van der Waals surface area contributed by atoms with E-state index in [0.717, 1.165) is 18.4 Å². The first-order chi connectivity index (χ1) is 11.3. The molecule has 1 fully saturated rings. The Balaban J connectivity index is 1.97. The Morgan fingerprint density at radius 1 is 1.38 bits per heavy atom. The van der Waals surface area contributed by atoms with Crippen LogP contribution in [0.15, 0.2) is 24.3 Å². The highest BCUT2D eigenvalue weighted by molar-refractivity contribution is 7.89. The number of piperidine rings is 1. The third-order valence-electron chi connectivity index (χ3n) is 4.34. The van der Waals surface area contributed by atoms with Crippen LogP contribution in [-0.4, -0.2) is 37.5 Å². The SMILES string of the molecule is CCCS(=O)(=O)N1CCC[C@H](C(=O)N[C@@H](C)c2ccc(Cl)cc2)C1. The molecule has 7 heteroatoms. The lowest BCUT2D eigenvalue weighted by Gasteiger charge is -2.31. The Kier molecular flexibility index (Phi) is 6.66. The van der Waals surface area contributed by atoms with Crippen LogP contribution in [0.2, 0.25) is 5.02 Å². The van der Waals surface area contributed by atoms with Crippen molar-refractivity contribution in [3.8, 4) is 0 Å². The van der Waals surface area contributed by atoms with Gasteiger partial charge in [-0.1, -0.05) is 30.7 Å². The van der Waals surface area contributed by atoms with Crippen molar-refractivity contribution < 1.29 is 13.2 Å². The molecule has 0 spiro atoms. The number of hydrogen-bond donors (Lipinski definition) is 1. The molecule has 24 heavy (non-hydrogen) atoms. The number of carbonyl (C=O) groups excluding carboxylic acids is 1. The lowest BCUT2D eigenvalue weighted by atomic mass is 9.98. The van der Waals surface area contributed by atoms with Gasteiger partial charge in [-0.05, 0) is 43.9 Å². The fourth-order valence-corrected chi connectivity index (χ4v) is 4.68. The van der Waals surface area contributed by atoms with Gasteiger partial charge in [-0.2, -0.15) is 0 Å². The zero-order valence-electron chi connectivity index (χ0n) is 14.2. The molecule has 1 aliphatic heterocycles. The second-order valence-corrected chi connectivity index (χ2v) is 8.82. The van der Waals surface area contributed by atoms with Gasteiger partial charge in [0.05, 0.1) is 17.7 Å². The first-order valence-electron chi connectivity index (χ1n) is 8.37. The van der Waals surface area contributed by atoms with E-state index in [1.165, 1.54) is 4.31 Å². The number of carbonyl (C=O) groups is 1. The molecule has 1 aromatic rings. The molecule has 134 valence electrons. The average Bonchev–Trinajstić information content (AvgIpc) is 2.55. The van der Waals surface area contributed by atoms with Gasteiger partial charge < -0.3 is 5.32 Å². The Bertz CT molecular complexity index is 661. The van der Waals surface area contributed by atoms with Crippen molar-refractivity contribution in [1.82, 2.24) is 9.62 Å². The van der Waals surface area contributed by atoms with Crippen molar-refractivity contribution in [2.24, 2.45) is 5.92 Å². The lowest BCUT2D eigenvalue weighted by molar-refractivity contribution is -0.126. The Morgan fingerprint density at radius 2 is 2.04 bits per heavy atom. The number of nitrogens with one attached hydrogen (secondary N) is 1. The molecule has 5 nitrogen and oxygen atoms in total. The van der Waals surface area contributed by atoms with E-state index in [4.69, 9.17) is 11.6 Å². The fraction of sp³-hybridized carbons (Fsp3) is 0.588. The first kappa shape index (κ1) is 19.2. The summed E-state index contributed by atoms with van der Waals surface area (Å²) < 4.78 is 25.9. The van der Waals surface area contributed by atoms with Crippen LogP contribution in [-0.2, 0) is 14.8 Å². The topological polar surface area (TPSA) is 66.5 Å². The van der Waals surface area contributed by atoms with Crippen molar-refractivity contribution >= 4 is 27.5 Å². The maximum atomic E-state index is 12.5. The zero-order chi connectivity index (χ0) is 17.7. The summed E-state index contributed by atoms with van der Waals surface area (Å²) in [5.74, 6) is -0.239. The van der Waals surface area contributed by atoms with Crippen molar-refractivity contribution in [1.29, 1.82) is 0 Å². The highest BCUT2D eigenvalue weighted by atomic mass is 35.5. The first-order valence-corrected chi connectivity index (χ1v) is 10.4. The number of nitrogens with zero attached hydrogens (tertiary/aromatic N) is 1. The number of rotatable bonds is 6. The van der Waals surface area contributed by atoms with Gasteiger partial charge in [-0.3, -0.25) is 4.79 Å². The van der Waals surface area contributed by atoms with Crippen LogP contribution < -0.4 is 5.32 Å². The fourth-order valence-electron chi connectivity index (χ4n) is 2.96. The highest BCUT2D eigenvalue weighted by Crippen LogP contribution is 2.22. The van der Waals surface area contributed by atoms with Crippen LogP contribution in [0, 0.1) is 5.92 Å². The number of halogens is 1. The number of sulfonamides is 1. The van der Waals surface area contributed by atoms with E-state index in [2.05, 4.69) is 5.32 Å². The van der Waals surface area contributed by atoms with Gasteiger partial charge in [-0.25, -0.2) is 12.7 Å². The molecular weight excluding hydrogens is 348 g/mol. The maximum absolute atomic E-state index is 12.5. The van der Waals surface area contributed by atoms with E-state index in [1.54, 1.807) is 12.1 Å². The second kappa shape index (κ2) is 8.32. The summed E-state index contributed by atoms with van der Waals surface area (Å²) in [7, 11) is -3.25.